The fourth-order valence-electron chi connectivity index (χ4n) is 1.46. The van der Waals surface area contributed by atoms with Gasteiger partial charge in [-0.1, -0.05) is 18.2 Å². The first-order valence-corrected chi connectivity index (χ1v) is 5.16. The minimum absolute atomic E-state index is 0.483. The summed E-state index contributed by atoms with van der Waals surface area (Å²) in [5, 5.41) is 2.61. The minimum Gasteiger partial charge on any atom is -0.453 e. The van der Waals surface area contributed by atoms with Gasteiger partial charge >= 0.3 is 6.09 Å². The van der Waals surface area contributed by atoms with Gasteiger partial charge in [-0.05, 0) is 24.3 Å². The third-order valence-corrected chi connectivity index (χ3v) is 2.26. The van der Waals surface area contributed by atoms with Gasteiger partial charge in [-0.3, -0.25) is 10.3 Å². The number of hydrogen-bond acceptors (Lipinski definition) is 3. The van der Waals surface area contributed by atoms with E-state index in [9.17, 15) is 4.79 Å². The van der Waals surface area contributed by atoms with Gasteiger partial charge in [0.15, 0.2) is 0 Å². The number of methoxy groups -OCH3 is 1. The number of nitrogens with one attached hydrogen (secondary N) is 1. The van der Waals surface area contributed by atoms with Crippen LogP contribution in [-0.4, -0.2) is 18.2 Å². The van der Waals surface area contributed by atoms with E-state index < -0.39 is 6.09 Å². The number of benzene rings is 1. The first-order valence-electron chi connectivity index (χ1n) is 5.16. The summed E-state index contributed by atoms with van der Waals surface area (Å²) in [7, 11) is 1.33. The second kappa shape index (κ2) is 5.12. The molecule has 0 fully saturated rings. The molecule has 0 bridgehead atoms. The van der Waals surface area contributed by atoms with E-state index in [-0.39, 0.29) is 0 Å². The lowest BCUT2D eigenvalue weighted by Gasteiger charge is -2.05. The summed E-state index contributed by atoms with van der Waals surface area (Å²) in [6, 6.07) is 13.1. The summed E-state index contributed by atoms with van der Waals surface area (Å²) in [6.45, 7) is 0. The third kappa shape index (κ3) is 2.81. The maximum atomic E-state index is 11.1. The predicted molar refractivity (Wildman–Crippen MR) is 65.7 cm³/mol. The van der Waals surface area contributed by atoms with Gasteiger partial charge in [0.2, 0.25) is 0 Å². The van der Waals surface area contributed by atoms with Gasteiger partial charge in [0.1, 0.15) is 0 Å². The highest BCUT2D eigenvalue weighted by Gasteiger charge is 2.03. The molecule has 4 nitrogen and oxygen atoms in total. The van der Waals surface area contributed by atoms with Crippen LogP contribution in [0.15, 0.2) is 48.7 Å². The van der Waals surface area contributed by atoms with Crippen molar-refractivity contribution in [2.45, 2.75) is 0 Å². The van der Waals surface area contributed by atoms with E-state index in [1.165, 1.54) is 7.11 Å². The number of anilines is 1. The topological polar surface area (TPSA) is 51.2 Å². The van der Waals surface area contributed by atoms with Crippen LogP contribution in [-0.2, 0) is 4.74 Å². The van der Waals surface area contributed by atoms with E-state index >= 15 is 0 Å². The van der Waals surface area contributed by atoms with Crippen molar-refractivity contribution in [2.75, 3.05) is 12.4 Å². The van der Waals surface area contributed by atoms with Crippen molar-refractivity contribution in [3.8, 4) is 11.3 Å². The molecule has 4 heteroatoms. The Hall–Kier alpha value is -2.36. The van der Waals surface area contributed by atoms with Crippen LogP contribution in [0.5, 0.6) is 0 Å². The molecule has 0 radical (unpaired) electrons. The van der Waals surface area contributed by atoms with Crippen molar-refractivity contribution < 1.29 is 9.53 Å². The van der Waals surface area contributed by atoms with Gasteiger partial charge in [0, 0.05) is 17.4 Å². The lowest BCUT2D eigenvalue weighted by Crippen LogP contribution is -2.10. The first-order chi connectivity index (χ1) is 8.29. The van der Waals surface area contributed by atoms with Crippen LogP contribution in [0.25, 0.3) is 11.3 Å². The number of aromatic nitrogens is 1. The summed E-state index contributed by atoms with van der Waals surface area (Å²) in [5.74, 6) is 0. The zero-order chi connectivity index (χ0) is 12.1. The molecule has 0 spiro atoms. The molecule has 1 heterocycles. The molecule has 1 N–H and O–H groups in total. The Bertz CT molecular complexity index is 512. The van der Waals surface area contributed by atoms with Crippen LogP contribution in [0.4, 0.5) is 10.5 Å². The second-order valence-electron chi connectivity index (χ2n) is 3.41. The molecule has 86 valence electrons. The average molecular weight is 228 g/mol. The van der Waals surface area contributed by atoms with Crippen LogP contribution >= 0.6 is 0 Å². The average Bonchev–Trinajstić information content (AvgIpc) is 2.40. The number of ether oxygens (including phenoxy) is 1. The van der Waals surface area contributed by atoms with E-state index in [0.29, 0.717) is 5.69 Å². The summed E-state index contributed by atoms with van der Waals surface area (Å²) >= 11 is 0. The van der Waals surface area contributed by atoms with E-state index in [4.69, 9.17) is 0 Å². The number of amides is 1. The smallest absolute Gasteiger partial charge is 0.411 e. The zero-order valence-corrected chi connectivity index (χ0v) is 9.38. The minimum atomic E-state index is -0.483. The highest BCUT2D eigenvalue weighted by atomic mass is 16.5. The monoisotopic (exact) mass is 228 g/mol. The summed E-state index contributed by atoms with van der Waals surface area (Å²) in [4.78, 5) is 15.3. The lowest BCUT2D eigenvalue weighted by atomic mass is 10.1. The third-order valence-electron chi connectivity index (χ3n) is 2.26. The van der Waals surface area contributed by atoms with Crippen molar-refractivity contribution in [3.05, 3.63) is 48.7 Å². The maximum Gasteiger partial charge on any atom is 0.411 e. The van der Waals surface area contributed by atoms with Gasteiger partial charge in [0.25, 0.3) is 0 Å². The van der Waals surface area contributed by atoms with Crippen molar-refractivity contribution in [2.24, 2.45) is 0 Å². The molecule has 17 heavy (non-hydrogen) atoms. The molecule has 0 unspecified atom stereocenters. The Morgan fingerprint density at radius 3 is 2.82 bits per heavy atom. The number of pyridine rings is 1. The van der Waals surface area contributed by atoms with Crippen LogP contribution in [0, 0.1) is 0 Å². The number of hydrogen-bond donors (Lipinski definition) is 1. The number of rotatable bonds is 2. The highest BCUT2D eigenvalue weighted by Crippen LogP contribution is 2.20. The van der Waals surface area contributed by atoms with Crippen LogP contribution in [0.1, 0.15) is 0 Å². The molecule has 2 aromatic rings. The van der Waals surface area contributed by atoms with E-state index in [2.05, 4.69) is 15.0 Å². The predicted octanol–water partition coefficient (Wildman–Crippen LogP) is 2.93. The Labute approximate surface area is 99.3 Å². The molecule has 0 saturated heterocycles. The van der Waals surface area contributed by atoms with Crippen LogP contribution in [0.3, 0.4) is 0 Å². The summed E-state index contributed by atoms with van der Waals surface area (Å²) < 4.78 is 4.53. The largest absolute Gasteiger partial charge is 0.453 e. The molecule has 1 aromatic heterocycles. The van der Waals surface area contributed by atoms with Gasteiger partial charge in [-0.25, -0.2) is 4.79 Å². The first kappa shape index (κ1) is 11.1. The fraction of sp³-hybridized carbons (Fsp3) is 0.0769. The molecule has 0 atom stereocenters. The molecule has 1 amide bonds. The quantitative estimate of drug-likeness (QED) is 0.859. The standard InChI is InChI=1S/C13H12N2O2/c1-17-13(16)15-11-6-4-5-10(9-11)12-7-2-3-8-14-12/h2-9H,1H3,(H,15,16). The molecule has 0 aliphatic heterocycles. The highest BCUT2D eigenvalue weighted by molar-refractivity contribution is 5.85. The zero-order valence-electron chi connectivity index (χ0n) is 9.38. The SMILES string of the molecule is COC(=O)Nc1cccc(-c2ccccn2)c1. The van der Waals surface area contributed by atoms with Crippen LogP contribution < -0.4 is 5.32 Å². The number of carbonyl (C=O) groups excluding carboxylic acids is 1. The molecule has 0 aliphatic rings. The van der Waals surface area contributed by atoms with Crippen molar-refractivity contribution in [1.82, 2.24) is 4.98 Å². The fourth-order valence-corrected chi connectivity index (χ4v) is 1.46. The Morgan fingerprint density at radius 1 is 1.24 bits per heavy atom. The lowest BCUT2D eigenvalue weighted by molar-refractivity contribution is 0.187. The van der Waals surface area contributed by atoms with Crippen molar-refractivity contribution in [1.29, 1.82) is 0 Å². The summed E-state index contributed by atoms with van der Waals surface area (Å²) in [5.41, 5.74) is 2.49. The molecule has 0 aliphatic carbocycles. The van der Waals surface area contributed by atoms with E-state index in [1.807, 2.05) is 36.4 Å². The van der Waals surface area contributed by atoms with Gasteiger partial charge < -0.3 is 4.74 Å². The van der Waals surface area contributed by atoms with Gasteiger partial charge in [0.05, 0.1) is 12.8 Å². The van der Waals surface area contributed by atoms with Crippen molar-refractivity contribution >= 4 is 11.8 Å². The Morgan fingerprint density at radius 2 is 2.12 bits per heavy atom. The second-order valence-corrected chi connectivity index (χ2v) is 3.41. The Kier molecular flexibility index (Phi) is 3.35. The summed E-state index contributed by atoms with van der Waals surface area (Å²) in [6.07, 6.45) is 1.25. The van der Waals surface area contributed by atoms with Gasteiger partial charge in [-0.2, -0.15) is 0 Å². The maximum absolute atomic E-state index is 11.1. The number of carbonyl (C=O) groups is 1. The normalized spacial score (nSPS) is 9.71. The Balaban J connectivity index is 2.26. The van der Waals surface area contributed by atoms with Crippen LogP contribution in [0.2, 0.25) is 0 Å². The molecular weight excluding hydrogens is 216 g/mol. The van der Waals surface area contributed by atoms with E-state index in [0.717, 1.165) is 11.3 Å². The molecule has 0 saturated carbocycles. The molecule has 1 aromatic carbocycles. The van der Waals surface area contributed by atoms with Crippen molar-refractivity contribution in [3.63, 3.8) is 0 Å². The van der Waals surface area contributed by atoms with E-state index in [1.54, 1.807) is 12.3 Å². The molecule has 2 rings (SSSR count). The number of nitrogens with zero attached hydrogens (tertiary/aromatic N) is 1. The molecular formula is C13H12N2O2. The van der Waals surface area contributed by atoms with Gasteiger partial charge in [-0.15, -0.1) is 0 Å².